The van der Waals surface area contributed by atoms with Gasteiger partial charge in [-0.05, 0) is 25.1 Å². The smallest absolute Gasteiger partial charge is 0.341 e. The number of para-hydroxylation sites is 2. The predicted molar refractivity (Wildman–Crippen MR) is 90.0 cm³/mol. The van der Waals surface area contributed by atoms with E-state index in [1.165, 1.54) is 26.4 Å². The second kappa shape index (κ2) is 7.84. The lowest BCUT2D eigenvalue weighted by atomic mass is 10.2. The minimum absolute atomic E-state index is 0.184. The number of carbonyl (C=O) groups is 2. The molecule has 0 saturated carbocycles. The number of hydrogen-bond acceptors (Lipinski definition) is 6. The van der Waals surface area contributed by atoms with Gasteiger partial charge in [-0.15, -0.1) is 0 Å². The van der Waals surface area contributed by atoms with E-state index in [0.717, 1.165) is 0 Å². The van der Waals surface area contributed by atoms with Crippen LogP contribution in [0.25, 0.3) is 6.08 Å². The summed E-state index contributed by atoms with van der Waals surface area (Å²) >= 11 is 0. The van der Waals surface area contributed by atoms with Crippen LogP contribution in [0, 0.1) is 18.3 Å². The molecule has 1 aromatic carbocycles. The number of furan rings is 1. The van der Waals surface area contributed by atoms with Crippen LogP contribution >= 0.6 is 0 Å². The molecular weight excluding hydrogens is 324 g/mol. The molecule has 0 spiro atoms. The molecule has 0 radical (unpaired) electrons. The number of benzene rings is 1. The predicted octanol–water partition coefficient (Wildman–Crippen LogP) is 2.93. The van der Waals surface area contributed by atoms with E-state index >= 15 is 0 Å². The maximum atomic E-state index is 12.3. The molecular formula is C18H16N2O5. The summed E-state index contributed by atoms with van der Waals surface area (Å²) in [6.07, 6.45) is 1.25. The van der Waals surface area contributed by atoms with Crippen LogP contribution in [0.1, 0.15) is 21.9 Å². The van der Waals surface area contributed by atoms with Crippen molar-refractivity contribution in [2.24, 2.45) is 0 Å². The quantitative estimate of drug-likeness (QED) is 0.510. The fourth-order valence-electron chi connectivity index (χ4n) is 2.12. The van der Waals surface area contributed by atoms with Crippen LogP contribution in [0.2, 0.25) is 0 Å². The summed E-state index contributed by atoms with van der Waals surface area (Å²) in [5.74, 6) is -0.182. The Balaban J connectivity index is 2.27. The number of hydrogen-bond donors (Lipinski definition) is 1. The second-order valence-corrected chi connectivity index (χ2v) is 4.93. The van der Waals surface area contributed by atoms with Crippen molar-refractivity contribution in [1.82, 2.24) is 0 Å². The minimum Gasteiger partial charge on any atom is -0.495 e. The van der Waals surface area contributed by atoms with E-state index in [-0.39, 0.29) is 16.9 Å². The molecule has 0 fully saturated rings. The third-order valence-corrected chi connectivity index (χ3v) is 3.35. The molecule has 0 saturated heterocycles. The average molecular weight is 340 g/mol. The topological polar surface area (TPSA) is 102 Å². The molecule has 128 valence electrons. The average Bonchev–Trinajstić information content (AvgIpc) is 2.99. The Morgan fingerprint density at radius 1 is 1.28 bits per heavy atom. The molecule has 1 aromatic heterocycles. The lowest BCUT2D eigenvalue weighted by Crippen LogP contribution is -2.14. The Morgan fingerprint density at radius 3 is 2.64 bits per heavy atom. The highest BCUT2D eigenvalue weighted by molar-refractivity contribution is 6.10. The Bertz CT molecular complexity index is 874. The molecule has 0 atom stereocenters. The van der Waals surface area contributed by atoms with Crippen LogP contribution in [0.4, 0.5) is 5.69 Å². The molecule has 7 heteroatoms. The standard InChI is InChI=1S/C18H16N2O5/c1-11-14(18(22)24-3)9-13(25-11)8-12(10-19)17(21)20-15-6-4-5-7-16(15)23-2/h4-9H,1-3H3,(H,20,21)/b12-8+. The number of anilines is 1. The highest BCUT2D eigenvalue weighted by Gasteiger charge is 2.17. The molecule has 1 heterocycles. The number of aryl methyl sites for hydroxylation is 1. The molecule has 2 rings (SSSR count). The zero-order valence-corrected chi connectivity index (χ0v) is 14.0. The first-order valence-corrected chi connectivity index (χ1v) is 7.25. The molecule has 0 aliphatic rings. The summed E-state index contributed by atoms with van der Waals surface area (Å²) in [7, 11) is 2.73. The van der Waals surface area contributed by atoms with Crippen molar-refractivity contribution in [2.45, 2.75) is 6.92 Å². The number of methoxy groups -OCH3 is 2. The van der Waals surface area contributed by atoms with Gasteiger partial charge in [0.1, 0.15) is 34.5 Å². The molecule has 2 aromatic rings. The number of nitriles is 1. The molecule has 1 N–H and O–H groups in total. The minimum atomic E-state index is -0.624. The van der Waals surface area contributed by atoms with Crippen LogP contribution in [0.5, 0.6) is 5.75 Å². The molecule has 0 unspecified atom stereocenters. The molecule has 1 amide bonds. The number of nitrogens with zero attached hydrogens (tertiary/aromatic N) is 1. The van der Waals surface area contributed by atoms with Crippen LogP contribution < -0.4 is 10.1 Å². The number of rotatable bonds is 5. The summed E-state index contributed by atoms with van der Waals surface area (Å²) in [4.78, 5) is 23.9. The lowest BCUT2D eigenvalue weighted by Gasteiger charge is -2.08. The fourth-order valence-corrected chi connectivity index (χ4v) is 2.12. The van der Waals surface area contributed by atoms with Gasteiger partial charge in [-0.25, -0.2) is 4.79 Å². The van der Waals surface area contributed by atoms with E-state index in [4.69, 9.17) is 9.15 Å². The van der Waals surface area contributed by atoms with Crippen molar-refractivity contribution in [3.05, 3.63) is 53.0 Å². The number of ether oxygens (including phenoxy) is 2. The van der Waals surface area contributed by atoms with Crippen LogP contribution in [-0.2, 0) is 9.53 Å². The van der Waals surface area contributed by atoms with E-state index in [9.17, 15) is 14.9 Å². The third kappa shape index (κ3) is 4.06. The monoisotopic (exact) mass is 340 g/mol. The largest absolute Gasteiger partial charge is 0.495 e. The highest BCUT2D eigenvalue weighted by Crippen LogP contribution is 2.24. The fraction of sp³-hybridized carbons (Fsp3) is 0.167. The summed E-state index contributed by atoms with van der Waals surface area (Å²) in [5, 5.41) is 11.9. The van der Waals surface area contributed by atoms with Gasteiger partial charge in [0, 0.05) is 6.08 Å². The highest BCUT2D eigenvalue weighted by atomic mass is 16.5. The van der Waals surface area contributed by atoms with Gasteiger partial charge in [0.15, 0.2) is 0 Å². The maximum Gasteiger partial charge on any atom is 0.341 e. The van der Waals surface area contributed by atoms with Crippen molar-refractivity contribution < 1.29 is 23.5 Å². The van der Waals surface area contributed by atoms with Crippen molar-refractivity contribution >= 4 is 23.6 Å². The van der Waals surface area contributed by atoms with Crippen molar-refractivity contribution in [3.8, 4) is 11.8 Å². The Hall–Kier alpha value is -3.53. The van der Waals surface area contributed by atoms with Crippen molar-refractivity contribution in [1.29, 1.82) is 5.26 Å². The van der Waals surface area contributed by atoms with Gasteiger partial charge in [-0.1, -0.05) is 12.1 Å². The van der Waals surface area contributed by atoms with Gasteiger partial charge < -0.3 is 19.2 Å². The molecule has 0 bridgehead atoms. The summed E-state index contributed by atoms with van der Waals surface area (Å²) < 4.78 is 15.2. The zero-order chi connectivity index (χ0) is 18.4. The van der Waals surface area contributed by atoms with Gasteiger partial charge in [0.2, 0.25) is 0 Å². The molecule has 7 nitrogen and oxygen atoms in total. The van der Waals surface area contributed by atoms with E-state index < -0.39 is 11.9 Å². The normalized spacial score (nSPS) is 10.7. The SMILES string of the molecule is COC(=O)c1cc(/C=C(\C#N)C(=O)Nc2ccccc2OC)oc1C. The number of amides is 1. The third-order valence-electron chi connectivity index (χ3n) is 3.35. The van der Waals surface area contributed by atoms with Gasteiger partial charge in [0.05, 0.1) is 19.9 Å². The lowest BCUT2D eigenvalue weighted by molar-refractivity contribution is -0.112. The summed E-state index contributed by atoms with van der Waals surface area (Å²) in [6.45, 7) is 1.59. The van der Waals surface area contributed by atoms with Crippen LogP contribution in [-0.4, -0.2) is 26.1 Å². The van der Waals surface area contributed by atoms with Gasteiger partial charge in [-0.3, -0.25) is 4.79 Å². The second-order valence-electron chi connectivity index (χ2n) is 4.93. The van der Waals surface area contributed by atoms with Crippen LogP contribution in [0.3, 0.4) is 0 Å². The van der Waals surface area contributed by atoms with E-state index in [1.807, 2.05) is 6.07 Å². The Labute approximate surface area is 144 Å². The van der Waals surface area contributed by atoms with Crippen molar-refractivity contribution in [3.63, 3.8) is 0 Å². The number of nitrogens with one attached hydrogen (secondary N) is 1. The first kappa shape index (κ1) is 17.8. The first-order valence-electron chi connectivity index (χ1n) is 7.25. The molecule has 0 aliphatic carbocycles. The van der Waals surface area contributed by atoms with E-state index in [0.29, 0.717) is 17.2 Å². The number of esters is 1. The Kier molecular flexibility index (Phi) is 5.58. The van der Waals surface area contributed by atoms with Crippen molar-refractivity contribution in [2.75, 3.05) is 19.5 Å². The van der Waals surface area contributed by atoms with Gasteiger partial charge in [0.25, 0.3) is 5.91 Å². The summed E-state index contributed by atoms with van der Waals surface area (Å²) in [6, 6.07) is 10.0. The van der Waals surface area contributed by atoms with Gasteiger partial charge >= 0.3 is 5.97 Å². The maximum absolute atomic E-state index is 12.3. The van der Waals surface area contributed by atoms with E-state index in [1.54, 1.807) is 31.2 Å². The molecule has 25 heavy (non-hydrogen) atoms. The molecule has 0 aliphatic heterocycles. The first-order chi connectivity index (χ1) is 12.0. The van der Waals surface area contributed by atoms with Crippen LogP contribution in [0.15, 0.2) is 40.3 Å². The van der Waals surface area contributed by atoms with Gasteiger partial charge in [-0.2, -0.15) is 5.26 Å². The summed E-state index contributed by atoms with van der Waals surface area (Å²) in [5.41, 5.74) is 0.481. The zero-order valence-electron chi connectivity index (χ0n) is 14.0. The van der Waals surface area contributed by atoms with E-state index in [2.05, 4.69) is 10.1 Å². The number of carbonyl (C=O) groups excluding carboxylic acids is 2. The Morgan fingerprint density at radius 2 is 2.00 bits per heavy atom.